The summed E-state index contributed by atoms with van der Waals surface area (Å²) < 4.78 is 0. The number of anilines is 1. The highest BCUT2D eigenvalue weighted by Crippen LogP contribution is 2.24. The Balaban J connectivity index is 1.49. The fraction of sp³-hybridized carbons (Fsp3) is 0.222. The van der Waals surface area contributed by atoms with Crippen LogP contribution in [0.5, 0.6) is 0 Å². The third-order valence-corrected chi connectivity index (χ3v) is 4.09. The highest BCUT2D eigenvalue weighted by molar-refractivity contribution is 6.33. The first-order valence-electron chi connectivity index (χ1n) is 7.54. The number of hydrogen-bond acceptors (Lipinski definition) is 3. The zero-order valence-corrected chi connectivity index (χ0v) is 13.3. The van der Waals surface area contributed by atoms with Gasteiger partial charge in [-0.15, -0.1) is 0 Å². The third-order valence-electron chi connectivity index (χ3n) is 3.75. The van der Waals surface area contributed by atoms with Crippen LogP contribution >= 0.6 is 11.6 Å². The van der Waals surface area contributed by atoms with Gasteiger partial charge in [0.15, 0.2) is 6.61 Å². The van der Waals surface area contributed by atoms with Crippen molar-refractivity contribution in [1.29, 1.82) is 0 Å². The number of nitrogens with one attached hydrogen (secondary N) is 1. The topological polar surface area (TPSA) is 50.7 Å². The molecule has 1 aliphatic rings. The highest BCUT2D eigenvalue weighted by Gasteiger charge is 2.11. The molecular formula is C18H17ClN2O2. The van der Waals surface area contributed by atoms with Gasteiger partial charge in [-0.25, -0.2) is 0 Å². The fourth-order valence-corrected chi connectivity index (χ4v) is 2.80. The summed E-state index contributed by atoms with van der Waals surface area (Å²) in [5, 5.41) is 7.17. The third kappa shape index (κ3) is 4.11. The minimum Gasteiger partial charge on any atom is -0.386 e. The van der Waals surface area contributed by atoms with Crippen molar-refractivity contribution in [3.05, 3.63) is 64.2 Å². The maximum absolute atomic E-state index is 11.9. The zero-order valence-electron chi connectivity index (χ0n) is 12.6. The van der Waals surface area contributed by atoms with E-state index < -0.39 is 0 Å². The molecule has 0 bridgehead atoms. The molecule has 2 aromatic rings. The molecule has 0 atom stereocenters. The van der Waals surface area contributed by atoms with Crippen molar-refractivity contribution < 1.29 is 9.63 Å². The number of halogens is 1. The van der Waals surface area contributed by atoms with E-state index in [1.807, 2.05) is 30.3 Å². The number of carbonyl (C=O) groups excluding carboxylic acids is 1. The van der Waals surface area contributed by atoms with Gasteiger partial charge in [0.05, 0.1) is 6.21 Å². The first-order valence-corrected chi connectivity index (χ1v) is 7.92. The van der Waals surface area contributed by atoms with Crippen LogP contribution in [0.15, 0.2) is 47.6 Å². The number of amides is 1. The fourth-order valence-electron chi connectivity index (χ4n) is 2.62. The molecule has 0 heterocycles. The number of carbonyl (C=O) groups is 1. The molecule has 1 aliphatic carbocycles. The van der Waals surface area contributed by atoms with E-state index in [2.05, 4.69) is 16.5 Å². The molecule has 3 rings (SSSR count). The van der Waals surface area contributed by atoms with Crippen LogP contribution in [0.4, 0.5) is 5.69 Å². The lowest BCUT2D eigenvalue weighted by atomic mass is 10.1. The van der Waals surface area contributed by atoms with Gasteiger partial charge in [0.1, 0.15) is 0 Å². The van der Waals surface area contributed by atoms with E-state index in [1.165, 1.54) is 23.8 Å². The number of benzene rings is 2. The first kappa shape index (κ1) is 15.6. The number of hydrogen-bond donors (Lipinski definition) is 1. The van der Waals surface area contributed by atoms with E-state index in [-0.39, 0.29) is 12.5 Å². The average molecular weight is 329 g/mol. The maximum atomic E-state index is 11.9. The summed E-state index contributed by atoms with van der Waals surface area (Å²) in [6.45, 7) is -0.141. The monoisotopic (exact) mass is 328 g/mol. The molecule has 23 heavy (non-hydrogen) atoms. The van der Waals surface area contributed by atoms with Gasteiger partial charge in [-0.2, -0.15) is 0 Å². The summed E-state index contributed by atoms with van der Waals surface area (Å²) in [7, 11) is 0. The first-order chi connectivity index (χ1) is 11.2. The van der Waals surface area contributed by atoms with Crippen LogP contribution in [0.2, 0.25) is 5.02 Å². The molecule has 1 N–H and O–H groups in total. The summed E-state index contributed by atoms with van der Waals surface area (Å²) in [4.78, 5) is 16.9. The van der Waals surface area contributed by atoms with Crippen molar-refractivity contribution in [1.82, 2.24) is 0 Å². The summed E-state index contributed by atoms with van der Waals surface area (Å²) in [5.74, 6) is -0.237. The molecule has 0 aromatic heterocycles. The molecule has 0 aliphatic heterocycles. The molecule has 118 valence electrons. The Hall–Kier alpha value is -2.33. The lowest BCUT2D eigenvalue weighted by Gasteiger charge is -2.06. The van der Waals surface area contributed by atoms with Crippen molar-refractivity contribution in [2.45, 2.75) is 19.3 Å². The van der Waals surface area contributed by atoms with Gasteiger partial charge in [0.25, 0.3) is 5.91 Å². The second-order valence-corrected chi connectivity index (χ2v) is 5.82. The van der Waals surface area contributed by atoms with Gasteiger partial charge in [0.2, 0.25) is 0 Å². The number of fused-ring (bicyclic) bond motifs is 1. The molecular weight excluding hydrogens is 312 g/mol. The largest absolute Gasteiger partial charge is 0.386 e. The lowest BCUT2D eigenvalue weighted by Crippen LogP contribution is -2.17. The second-order valence-electron chi connectivity index (χ2n) is 5.41. The minimum absolute atomic E-state index is 0.141. The molecule has 0 spiro atoms. The Morgan fingerprint density at radius 2 is 2.04 bits per heavy atom. The highest BCUT2D eigenvalue weighted by atomic mass is 35.5. The summed E-state index contributed by atoms with van der Waals surface area (Å²) in [6.07, 6.45) is 4.89. The van der Waals surface area contributed by atoms with Gasteiger partial charge < -0.3 is 10.2 Å². The smallest absolute Gasteiger partial charge is 0.265 e. The Kier molecular flexibility index (Phi) is 4.93. The lowest BCUT2D eigenvalue weighted by molar-refractivity contribution is -0.120. The van der Waals surface area contributed by atoms with Crippen LogP contribution in [0, 0.1) is 0 Å². The van der Waals surface area contributed by atoms with Crippen LogP contribution in [0.1, 0.15) is 23.1 Å². The zero-order chi connectivity index (χ0) is 16.1. The molecule has 1 amide bonds. The van der Waals surface area contributed by atoms with E-state index in [0.29, 0.717) is 5.02 Å². The van der Waals surface area contributed by atoms with Crippen LogP contribution in [0.3, 0.4) is 0 Å². The van der Waals surface area contributed by atoms with Crippen molar-refractivity contribution >= 4 is 29.4 Å². The standard InChI is InChI=1S/C18H17ClN2O2/c19-17-7-2-1-4-15(17)11-20-23-12-18(22)21-16-9-8-13-5-3-6-14(13)10-16/h1-2,4,7-11H,3,5-6,12H2,(H,21,22). The van der Waals surface area contributed by atoms with Crippen LogP contribution in [0.25, 0.3) is 0 Å². The van der Waals surface area contributed by atoms with Gasteiger partial charge in [-0.1, -0.05) is 41.0 Å². The molecule has 0 fully saturated rings. The van der Waals surface area contributed by atoms with E-state index in [1.54, 1.807) is 6.07 Å². The minimum atomic E-state index is -0.237. The molecule has 2 aromatic carbocycles. The molecule has 0 radical (unpaired) electrons. The summed E-state index contributed by atoms with van der Waals surface area (Å²) >= 11 is 5.99. The normalized spacial score (nSPS) is 13.1. The van der Waals surface area contributed by atoms with Crippen molar-refractivity contribution in [3.8, 4) is 0 Å². The van der Waals surface area contributed by atoms with Crippen molar-refractivity contribution in [2.75, 3.05) is 11.9 Å². The Morgan fingerprint density at radius 3 is 2.91 bits per heavy atom. The van der Waals surface area contributed by atoms with Crippen molar-refractivity contribution in [3.63, 3.8) is 0 Å². The number of nitrogens with zero attached hydrogens (tertiary/aromatic N) is 1. The van der Waals surface area contributed by atoms with Gasteiger partial charge >= 0.3 is 0 Å². The maximum Gasteiger partial charge on any atom is 0.265 e. The van der Waals surface area contributed by atoms with Crippen LogP contribution in [-0.2, 0) is 22.5 Å². The van der Waals surface area contributed by atoms with Gasteiger partial charge in [0, 0.05) is 16.3 Å². The Labute approximate surface area is 140 Å². The SMILES string of the molecule is O=C(CON=Cc1ccccc1Cl)Nc1ccc2c(c1)CCC2. The molecule has 0 saturated carbocycles. The predicted molar refractivity (Wildman–Crippen MR) is 92.1 cm³/mol. The Bertz CT molecular complexity index is 744. The predicted octanol–water partition coefficient (Wildman–Crippen LogP) is 3.82. The number of rotatable bonds is 5. The van der Waals surface area contributed by atoms with Gasteiger partial charge in [-0.3, -0.25) is 4.79 Å². The van der Waals surface area contributed by atoms with E-state index in [4.69, 9.17) is 16.4 Å². The summed E-state index contributed by atoms with van der Waals surface area (Å²) in [5.41, 5.74) is 4.24. The number of oxime groups is 1. The van der Waals surface area contributed by atoms with Gasteiger partial charge in [-0.05, 0) is 48.6 Å². The Morgan fingerprint density at radius 1 is 1.22 bits per heavy atom. The summed E-state index contributed by atoms with van der Waals surface area (Å²) in [6, 6.07) is 13.3. The van der Waals surface area contributed by atoms with E-state index >= 15 is 0 Å². The van der Waals surface area contributed by atoms with Crippen LogP contribution < -0.4 is 5.32 Å². The quantitative estimate of drug-likeness (QED) is 0.670. The van der Waals surface area contributed by atoms with Crippen molar-refractivity contribution in [2.24, 2.45) is 5.16 Å². The second kappa shape index (κ2) is 7.29. The number of aryl methyl sites for hydroxylation is 2. The van der Waals surface area contributed by atoms with Crippen LogP contribution in [-0.4, -0.2) is 18.7 Å². The molecule has 0 unspecified atom stereocenters. The molecule has 5 heteroatoms. The average Bonchev–Trinajstić information content (AvgIpc) is 3.01. The molecule has 4 nitrogen and oxygen atoms in total. The van der Waals surface area contributed by atoms with E-state index in [0.717, 1.165) is 24.1 Å². The van der Waals surface area contributed by atoms with E-state index in [9.17, 15) is 4.79 Å². The molecule has 0 saturated heterocycles.